The van der Waals surface area contributed by atoms with E-state index >= 15 is 0 Å². The highest BCUT2D eigenvalue weighted by atomic mass is 19.3. The Bertz CT molecular complexity index is 837. The zero-order valence-electron chi connectivity index (χ0n) is 15.8. The summed E-state index contributed by atoms with van der Waals surface area (Å²) in [4.78, 5) is 14.8. The van der Waals surface area contributed by atoms with Gasteiger partial charge in [-0.05, 0) is 30.7 Å². The molecule has 1 fully saturated rings. The summed E-state index contributed by atoms with van der Waals surface area (Å²) >= 11 is 0. The molecule has 1 aliphatic rings. The Hall–Kier alpha value is -2.46. The largest absolute Gasteiger partial charge is 0.379 e. The van der Waals surface area contributed by atoms with Gasteiger partial charge >= 0.3 is 0 Å². The number of nitrogens with one attached hydrogen (secondary N) is 1. The summed E-state index contributed by atoms with van der Waals surface area (Å²) in [6.07, 6.45) is -6.03. The number of carbonyl (C=O) groups excluding carboxylic acids is 1. The normalized spacial score (nSPS) is 16.4. The van der Waals surface area contributed by atoms with Gasteiger partial charge in [-0.15, -0.1) is 0 Å². The summed E-state index contributed by atoms with van der Waals surface area (Å²) in [5.74, 6) is -0.626. The molecule has 6 nitrogen and oxygen atoms in total. The Morgan fingerprint density at radius 2 is 1.90 bits per heavy atom. The van der Waals surface area contributed by atoms with Crippen LogP contribution in [0, 0.1) is 0 Å². The lowest BCUT2D eigenvalue weighted by Crippen LogP contribution is -2.35. The lowest BCUT2D eigenvalue weighted by atomic mass is 10.1. The summed E-state index contributed by atoms with van der Waals surface area (Å²) in [7, 11) is 0. The van der Waals surface area contributed by atoms with Crippen molar-refractivity contribution < 1.29 is 27.1 Å². The van der Waals surface area contributed by atoms with Crippen molar-refractivity contribution in [2.45, 2.75) is 32.4 Å². The maximum absolute atomic E-state index is 13.2. The third-order valence-electron chi connectivity index (χ3n) is 4.68. The number of aromatic nitrogens is 2. The van der Waals surface area contributed by atoms with Gasteiger partial charge in [0.15, 0.2) is 0 Å². The van der Waals surface area contributed by atoms with E-state index in [2.05, 4.69) is 15.3 Å². The molecule has 0 bridgehead atoms. The first-order valence-corrected chi connectivity index (χ1v) is 9.20. The fourth-order valence-electron chi connectivity index (χ4n) is 3.13. The number of benzene rings is 1. The van der Waals surface area contributed by atoms with Gasteiger partial charge in [0.1, 0.15) is 17.4 Å². The Morgan fingerprint density at radius 3 is 2.55 bits per heavy atom. The van der Waals surface area contributed by atoms with E-state index < -0.39 is 36.2 Å². The molecule has 1 unspecified atom stereocenters. The van der Waals surface area contributed by atoms with Crippen molar-refractivity contribution in [1.29, 1.82) is 0 Å². The van der Waals surface area contributed by atoms with E-state index in [0.29, 0.717) is 36.2 Å². The van der Waals surface area contributed by atoms with E-state index in [-0.39, 0.29) is 0 Å². The van der Waals surface area contributed by atoms with E-state index in [0.717, 1.165) is 18.7 Å². The minimum Gasteiger partial charge on any atom is -0.379 e. The Balaban J connectivity index is 1.70. The molecule has 2 heterocycles. The van der Waals surface area contributed by atoms with Crippen LogP contribution in [-0.4, -0.2) is 46.9 Å². The van der Waals surface area contributed by atoms with Crippen molar-refractivity contribution in [2.75, 3.05) is 31.6 Å². The number of hydrogen-bond acceptors (Lipinski definition) is 4. The highest BCUT2D eigenvalue weighted by molar-refractivity contribution is 5.93. The predicted molar refractivity (Wildman–Crippen MR) is 98.0 cm³/mol. The number of alkyl halides is 4. The summed E-state index contributed by atoms with van der Waals surface area (Å²) in [5, 5.41) is 6.14. The van der Waals surface area contributed by atoms with E-state index in [1.54, 1.807) is 18.2 Å². The van der Waals surface area contributed by atoms with Crippen LogP contribution in [-0.2, 0) is 16.1 Å². The molecule has 158 valence electrons. The highest BCUT2D eigenvalue weighted by Crippen LogP contribution is 2.28. The predicted octanol–water partition coefficient (Wildman–Crippen LogP) is 3.79. The molecular formula is C19H22F4N4O2. The van der Waals surface area contributed by atoms with Gasteiger partial charge in [-0.25, -0.2) is 17.6 Å². The molecule has 1 aromatic carbocycles. The molecule has 2 aromatic rings. The van der Waals surface area contributed by atoms with Crippen LogP contribution in [0.3, 0.4) is 0 Å². The van der Waals surface area contributed by atoms with Crippen molar-refractivity contribution >= 4 is 11.6 Å². The number of morpholine rings is 1. The van der Waals surface area contributed by atoms with Crippen molar-refractivity contribution in [3.63, 3.8) is 0 Å². The van der Waals surface area contributed by atoms with E-state index in [1.165, 1.54) is 6.92 Å². The van der Waals surface area contributed by atoms with Crippen LogP contribution in [0.1, 0.15) is 42.8 Å². The molecule has 10 heteroatoms. The van der Waals surface area contributed by atoms with Crippen molar-refractivity contribution in [3.05, 3.63) is 47.3 Å². The smallest absolute Gasteiger partial charge is 0.282 e. The van der Waals surface area contributed by atoms with Crippen LogP contribution < -0.4 is 5.32 Å². The average molecular weight is 414 g/mol. The summed E-state index contributed by atoms with van der Waals surface area (Å²) in [6.45, 7) is 5.00. The lowest BCUT2D eigenvalue weighted by Gasteiger charge is -2.26. The number of carbonyl (C=O) groups is 1. The molecule has 1 atom stereocenters. The molecular weight excluding hydrogens is 392 g/mol. The van der Waals surface area contributed by atoms with Crippen LogP contribution in [0.25, 0.3) is 0 Å². The van der Waals surface area contributed by atoms with E-state index in [1.807, 2.05) is 6.07 Å². The zero-order chi connectivity index (χ0) is 21.0. The number of amides is 1. The van der Waals surface area contributed by atoms with Gasteiger partial charge in [-0.3, -0.25) is 14.4 Å². The number of hydrogen-bond donors (Lipinski definition) is 1. The molecule has 1 aliphatic heterocycles. The fraction of sp³-hybridized carbons (Fsp3) is 0.474. The Morgan fingerprint density at radius 1 is 1.17 bits per heavy atom. The first kappa shape index (κ1) is 21.3. The van der Waals surface area contributed by atoms with Crippen LogP contribution >= 0.6 is 0 Å². The topological polar surface area (TPSA) is 59.4 Å². The van der Waals surface area contributed by atoms with Crippen molar-refractivity contribution in [2.24, 2.45) is 0 Å². The third kappa shape index (κ3) is 5.33. The second-order valence-electron chi connectivity index (χ2n) is 6.79. The van der Waals surface area contributed by atoms with E-state index in [4.69, 9.17) is 4.74 Å². The summed E-state index contributed by atoms with van der Waals surface area (Å²) in [6, 6.07) is 6.61. The van der Waals surface area contributed by atoms with Gasteiger partial charge in [0.05, 0.1) is 13.2 Å². The Labute approximate surface area is 165 Å². The highest BCUT2D eigenvalue weighted by Gasteiger charge is 2.27. The molecule has 1 aromatic heterocycles. The second kappa shape index (κ2) is 9.36. The van der Waals surface area contributed by atoms with Crippen LogP contribution in [0.5, 0.6) is 0 Å². The van der Waals surface area contributed by atoms with Crippen LogP contribution in [0.2, 0.25) is 0 Å². The molecule has 0 radical (unpaired) electrons. The minimum absolute atomic E-state index is 0.493. The van der Waals surface area contributed by atoms with Gasteiger partial charge in [0.2, 0.25) is 5.91 Å². The van der Waals surface area contributed by atoms with Gasteiger partial charge in [-0.2, -0.15) is 5.10 Å². The number of rotatable bonds is 7. The molecule has 0 saturated carbocycles. The maximum atomic E-state index is 13.2. The van der Waals surface area contributed by atoms with Gasteiger partial charge in [0.25, 0.3) is 12.9 Å². The number of nitrogens with zero attached hydrogens (tertiary/aromatic N) is 3. The number of anilines is 1. The molecule has 1 saturated heterocycles. The standard InChI is InChI=1S/C19H22F4N4O2/c1-12(27-16(18(22)23)10-15(25-27)17(20)21)19(28)24-14-4-2-3-13(9-14)11-26-5-7-29-8-6-26/h2-4,9-10,12,17-18H,5-8,11H2,1H3,(H,24,28). The van der Waals surface area contributed by atoms with Crippen LogP contribution in [0.15, 0.2) is 30.3 Å². The first-order chi connectivity index (χ1) is 13.8. The molecule has 0 spiro atoms. The Kier molecular flexibility index (Phi) is 6.86. The lowest BCUT2D eigenvalue weighted by molar-refractivity contribution is -0.119. The quantitative estimate of drug-likeness (QED) is 0.701. The summed E-state index contributed by atoms with van der Waals surface area (Å²) in [5.41, 5.74) is -0.0337. The third-order valence-corrected chi connectivity index (χ3v) is 4.68. The van der Waals surface area contributed by atoms with Gasteiger partial charge < -0.3 is 10.1 Å². The molecule has 0 aliphatic carbocycles. The average Bonchev–Trinajstić information content (AvgIpc) is 3.14. The summed E-state index contributed by atoms with van der Waals surface area (Å²) < 4.78 is 58.0. The number of halogens is 4. The van der Waals surface area contributed by atoms with Gasteiger partial charge in [-0.1, -0.05) is 12.1 Å². The molecule has 1 N–H and O–H groups in total. The fourth-order valence-corrected chi connectivity index (χ4v) is 3.13. The second-order valence-corrected chi connectivity index (χ2v) is 6.79. The monoisotopic (exact) mass is 414 g/mol. The molecule has 3 rings (SSSR count). The maximum Gasteiger partial charge on any atom is 0.282 e. The number of ether oxygens (including phenoxy) is 1. The minimum atomic E-state index is -3.03. The first-order valence-electron chi connectivity index (χ1n) is 9.20. The molecule has 1 amide bonds. The van der Waals surface area contributed by atoms with Crippen molar-refractivity contribution in [3.8, 4) is 0 Å². The van der Waals surface area contributed by atoms with E-state index in [9.17, 15) is 22.4 Å². The van der Waals surface area contributed by atoms with Crippen molar-refractivity contribution in [1.82, 2.24) is 14.7 Å². The zero-order valence-corrected chi connectivity index (χ0v) is 15.8. The molecule has 29 heavy (non-hydrogen) atoms. The van der Waals surface area contributed by atoms with Gasteiger partial charge in [0, 0.05) is 25.3 Å². The SMILES string of the molecule is CC(C(=O)Nc1cccc(CN2CCOCC2)c1)n1nc(C(F)F)cc1C(F)F. The van der Waals surface area contributed by atoms with Crippen LogP contribution in [0.4, 0.5) is 23.2 Å².